The molecule has 1 spiro atoms. The Labute approximate surface area is 136 Å². The van der Waals surface area contributed by atoms with E-state index >= 15 is 0 Å². The van der Waals surface area contributed by atoms with Gasteiger partial charge in [0.25, 0.3) is 5.91 Å². The van der Waals surface area contributed by atoms with Gasteiger partial charge in [0, 0.05) is 33.3 Å². The van der Waals surface area contributed by atoms with Crippen LogP contribution in [0.5, 0.6) is 0 Å². The Morgan fingerprint density at radius 2 is 1.87 bits per heavy atom. The summed E-state index contributed by atoms with van der Waals surface area (Å²) in [6.45, 7) is 3.38. The molecule has 0 saturated carbocycles. The molecule has 2 saturated heterocycles. The van der Waals surface area contributed by atoms with Crippen LogP contribution in [0.4, 0.5) is 4.79 Å². The van der Waals surface area contributed by atoms with E-state index in [2.05, 4.69) is 22.3 Å². The van der Waals surface area contributed by atoms with Gasteiger partial charge in [0.15, 0.2) is 0 Å². The topological polar surface area (TPSA) is 61.9 Å². The summed E-state index contributed by atoms with van der Waals surface area (Å²) in [6.07, 6.45) is 1.34. The van der Waals surface area contributed by atoms with Gasteiger partial charge in [-0.25, -0.2) is 4.79 Å². The average molecular weight is 317 g/mol. The Balaban J connectivity index is 1.65. The highest BCUT2D eigenvalue weighted by molar-refractivity contribution is 6.07. The molecule has 1 aromatic carbocycles. The third-order valence-electron chi connectivity index (χ3n) is 4.86. The third kappa shape index (κ3) is 3.09. The number of hydrogen-bond acceptors (Lipinski definition) is 4. The van der Waals surface area contributed by atoms with Gasteiger partial charge in [0.05, 0.1) is 6.61 Å². The van der Waals surface area contributed by atoms with Crippen molar-refractivity contribution in [3.8, 4) is 0 Å². The van der Waals surface area contributed by atoms with Gasteiger partial charge in [-0.2, -0.15) is 0 Å². The molecule has 6 heteroatoms. The van der Waals surface area contributed by atoms with Crippen LogP contribution in [0.25, 0.3) is 0 Å². The number of nitrogens with one attached hydrogen (secondary N) is 1. The van der Waals surface area contributed by atoms with E-state index in [1.807, 2.05) is 18.2 Å². The molecule has 2 aliphatic rings. The predicted octanol–water partition coefficient (Wildman–Crippen LogP) is 1.22. The molecule has 0 aromatic heterocycles. The van der Waals surface area contributed by atoms with Crippen LogP contribution in [-0.2, 0) is 16.1 Å². The number of imide groups is 1. The number of amides is 3. The molecule has 0 atom stereocenters. The number of nitrogens with zero attached hydrogens (tertiary/aromatic N) is 2. The average Bonchev–Trinajstić information content (AvgIpc) is 2.79. The Kier molecular flexibility index (Phi) is 4.63. The van der Waals surface area contributed by atoms with Gasteiger partial charge in [-0.3, -0.25) is 15.0 Å². The zero-order valence-electron chi connectivity index (χ0n) is 13.5. The van der Waals surface area contributed by atoms with Gasteiger partial charge in [-0.1, -0.05) is 30.3 Å². The number of hydrogen-bond donors (Lipinski definition) is 1. The van der Waals surface area contributed by atoms with Crippen molar-refractivity contribution in [3.63, 3.8) is 0 Å². The van der Waals surface area contributed by atoms with Crippen molar-refractivity contribution in [3.05, 3.63) is 35.9 Å². The first-order valence-electron chi connectivity index (χ1n) is 8.04. The second-order valence-corrected chi connectivity index (χ2v) is 6.20. The fraction of sp³-hybridized carbons (Fsp3) is 0.529. The van der Waals surface area contributed by atoms with Crippen molar-refractivity contribution in [1.82, 2.24) is 15.1 Å². The van der Waals surface area contributed by atoms with Gasteiger partial charge in [0.1, 0.15) is 5.54 Å². The van der Waals surface area contributed by atoms with E-state index in [9.17, 15) is 9.59 Å². The van der Waals surface area contributed by atoms with E-state index in [0.717, 1.165) is 19.6 Å². The molecular weight excluding hydrogens is 294 g/mol. The summed E-state index contributed by atoms with van der Waals surface area (Å²) in [5.41, 5.74) is 0.578. The fourth-order valence-corrected chi connectivity index (χ4v) is 3.52. The molecule has 1 N–H and O–H groups in total. The Morgan fingerprint density at radius 1 is 1.17 bits per heavy atom. The lowest BCUT2D eigenvalue weighted by atomic mass is 9.86. The predicted molar refractivity (Wildman–Crippen MR) is 85.8 cm³/mol. The van der Waals surface area contributed by atoms with Crippen LogP contribution in [0.3, 0.4) is 0 Å². The van der Waals surface area contributed by atoms with Crippen molar-refractivity contribution < 1.29 is 14.3 Å². The van der Waals surface area contributed by atoms with Crippen molar-refractivity contribution in [1.29, 1.82) is 0 Å². The first-order chi connectivity index (χ1) is 11.2. The highest BCUT2D eigenvalue weighted by Crippen LogP contribution is 2.33. The van der Waals surface area contributed by atoms with Crippen molar-refractivity contribution in [2.45, 2.75) is 24.9 Å². The number of urea groups is 1. The molecule has 6 nitrogen and oxygen atoms in total. The Hall–Kier alpha value is -1.92. The van der Waals surface area contributed by atoms with Crippen molar-refractivity contribution in [2.75, 3.05) is 33.4 Å². The molecular formula is C17H23N3O3. The van der Waals surface area contributed by atoms with Crippen molar-refractivity contribution >= 4 is 11.9 Å². The highest BCUT2D eigenvalue weighted by atomic mass is 16.5. The highest BCUT2D eigenvalue weighted by Gasteiger charge is 2.53. The summed E-state index contributed by atoms with van der Waals surface area (Å²) >= 11 is 0. The van der Waals surface area contributed by atoms with Crippen LogP contribution in [-0.4, -0.2) is 60.6 Å². The lowest BCUT2D eigenvalue weighted by molar-refractivity contribution is -0.129. The van der Waals surface area contributed by atoms with Gasteiger partial charge < -0.3 is 9.64 Å². The van der Waals surface area contributed by atoms with Crippen LogP contribution in [0, 0.1) is 0 Å². The molecule has 0 unspecified atom stereocenters. The molecule has 0 radical (unpaired) electrons. The van der Waals surface area contributed by atoms with E-state index in [1.165, 1.54) is 5.56 Å². The number of rotatable bonds is 5. The maximum absolute atomic E-state index is 12.4. The van der Waals surface area contributed by atoms with Crippen LogP contribution in [0.1, 0.15) is 18.4 Å². The molecule has 1 aromatic rings. The smallest absolute Gasteiger partial charge is 0.325 e. The van der Waals surface area contributed by atoms with Crippen LogP contribution in [0.2, 0.25) is 0 Å². The summed E-state index contributed by atoms with van der Waals surface area (Å²) in [7, 11) is 1.60. The number of carbonyl (C=O) groups is 2. The number of ether oxygens (including phenoxy) is 1. The van der Waals surface area contributed by atoms with E-state index in [1.54, 1.807) is 12.0 Å². The third-order valence-corrected chi connectivity index (χ3v) is 4.86. The van der Waals surface area contributed by atoms with E-state index in [4.69, 9.17) is 4.74 Å². The second-order valence-electron chi connectivity index (χ2n) is 6.20. The summed E-state index contributed by atoms with van der Waals surface area (Å²) in [4.78, 5) is 28.4. The van der Waals surface area contributed by atoms with Crippen LogP contribution in [0.15, 0.2) is 30.3 Å². The number of piperidine rings is 1. The largest absolute Gasteiger partial charge is 0.383 e. The monoisotopic (exact) mass is 317 g/mol. The van der Waals surface area contributed by atoms with Gasteiger partial charge in [0.2, 0.25) is 0 Å². The first kappa shape index (κ1) is 16.0. The minimum Gasteiger partial charge on any atom is -0.383 e. The lowest BCUT2D eigenvalue weighted by Crippen LogP contribution is -2.57. The van der Waals surface area contributed by atoms with E-state index in [0.29, 0.717) is 26.0 Å². The Morgan fingerprint density at radius 3 is 2.52 bits per heavy atom. The molecule has 3 amide bonds. The van der Waals surface area contributed by atoms with Gasteiger partial charge in [-0.15, -0.1) is 0 Å². The number of carbonyl (C=O) groups excluding carboxylic acids is 2. The summed E-state index contributed by atoms with van der Waals surface area (Å²) in [5.74, 6) is -0.155. The number of likely N-dealkylation sites (tertiary alicyclic amines) is 1. The molecule has 3 rings (SSSR count). The maximum atomic E-state index is 12.4. The molecule has 124 valence electrons. The SMILES string of the molecule is COCCN1C(=O)NC(=O)C12CCN(Cc1ccccc1)CC2. The standard InChI is InChI=1S/C17H23N3O3/c1-23-12-11-20-16(22)18-15(21)17(20)7-9-19(10-8-17)13-14-5-3-2-4-6-14/h2-6H,7-13H2,1H3,(H,18,21,22). The molecule has 0 bridgehead atoms. The molecule has 2 aliphatic heterocycles. The van der Waals surface area contributed by atoms with Gasteiger partial charge >= 0.3 is 6.03 Å². The van der Waals surface area contributed by atoms with Crippen LogP contribution < -0.4 is 5.32 Å². The molecule has 2 heterocycles. The quantitative estimate of drug-likeness (QED) is 0.830. The maximum Gasteiger partial charge on any atom is 0.325 e. The van der Waals surface area contributed by atoms with E-state index < -0.39 is 5.54 Å². The van der Waals surface area contributed by atoms with Gasteiger partial charge in [-0.05, 0) is 18.4 Å². The zero-order chi connectivity index (χ0) is 16.3. The minimum absolute atomic E-state index is 0.155. The summed E-state index contributed by atoms with van der Waals surface area (Å²) in [6, 6.07) is 10.0. The van der Waals surface area contributed by atoms with Crippen molar-refractivity contribution in [2.24, 2.45) is 0 Å². The van der Waals surface area contributed by atoms with E-state index in [-0.39, 0.29) is 11.9 Å². The zero-order valence-corrected chi connectivity index (χ0v) is 13.5. The molecule has 0 aliphatic carbocycles. The summed E-state index contributed by atoms with van der Waals surface area (Å²) in [5, 5.41) is 2.47. The minimum atomic E-state index is -0.692. The first-order valence-corrected chi connectivity index (χ1v) is 8.04. The second kappa shape index (κ2) is 6.68. The number of benzene rings is 1. The normalized spacial score (nSPS) is 21.0. The fourth-order valence-electron chi connectivity index (χ4n) is 3.52. The molecule has 23 heavy (non-hydrogen) atoms. The number of methoxy groups -OCH3 is 1. The molecule has 2 fully saturated rings. The Bertz CT molecular complexity index is 568. The van der Waals surface area contributed by atoms with Crippen LogP contribution >= 0.6 is 0 Å². The lowest BCUT2D eigenvalue weighted by Gasteiger charge is -2.42. The summed E-state index contributed by atoms with van der Waals surface area (Å²) < 4.78 is 5.08.